The molecule has 0 bridgehead atoms. The maximum absolute atomic E-state index is 12.3. The van der Waals surface area contributed by atoms with Crippen molar-refractivity contribution < 1.29 is 9.53 Å². The highest BCUT2D eigenvalue weighted by Crippen LogP contribution is 2.22. The first-order chi connectivity index (χ1) is 9.74. The number of amides is 1. The zero-order valence-electron chi connectivity index (χ0n) is 12.0. The molecule has 1 aromatic carbocycles. The molecule has 2 rings (SSSR count). The quantitative estimate of drug-likeness (QED) is 0.836. The van der Waals surface area contributed by atoms with Gasteiger partial charge < -0.3 is 15.8 Å². The van der Waals surface area contributed by atoms with Crippen LogP contribution in [0.2, 0.25) is 0 Å². The normalized spacial score (nSPS) is 23.5. The van der Waals surface area contributed by atoms with Crippen LogP contribution in [0.15, 0.2) is 30.3 Å². The predicted molar refractivity (Wildman–Crippen MR) is 79.2 cm³/mol. The summed E-state index contributed by atoms with van der Waals surface area (Å²) in [6, 6.07) is 10.2. The Morgan fingerprint density at radius 2 is 2.15 bits per heavy atom. The molecule has 3 N–H and O–H groups in total. The molecule has 0 aromatic heterocycles. The average Bonchev–Trinajstić information content (AvgIpc) is 2.97. The van der Waals surface area contributed by atoms with Crippen LogP contribution in [0.5, 0.6) is 0 Å². The third-order valence-electron chi connectivity index (χ3n) is 3.76. The van der Waals surface area contributed by atoms with Crippen molar-refractivity contribution in [3.05, 3.63) is 35.9 Å². The molecule has 0 radical (unpaired) electrons. The highest BCUT2D eigenvalue weighted by molar-refractivity contribution is 5.81. The fourth-order valence-corrected chi connectivity index (χ4v) is 2.63. The van der Waals surface area contributed by atoms with Gasteiger partial charge in [0.15, 0.2) is 0 Å². The van der Waals surface area contributed by atoms with Crippen LogP contribution in [0.4, 0.5) is 0 Å². The number of carbonyl (C=O) groups excluding carboxylic acids is 1. The number of nitrogens with two attached hydrogens (primary N) is 1. The highest BCUT2D eigenvalue weighted by Gasteiger charge is 2.30. The summed E-state index contributed by atoms with van der Waals surface area (Å²) in [5.74, 6) is -0.0109. The molecule has 1 aliphatic heterocycles. The van der Waals surface area contributed by atoms with Crippen molar-refractivity contribution in [2.75, 3.05) is 6.54 Å². The molecule has 20 heavy (non-hydrogen) atoms. The zero-order chi connectivity index (χ0) is 14.4. The first-order valence-electron chi connectivity index (χ1n) is 7.45. The number of rotatable bonds is 6. The summed E-state index contributed by atoms with van der Waals surface area (Å²) in [6.45, 7) is 2.61. The van der Waals surface area contributed by atoms with Gasteiger partial charge in [-0.15, -0.1) is 0 Å². The Morgan fingerprint density at radius 1 is 1.40 bits per heavy atom. The van der Waals surface area contributed by atoms with Crippen molar-refractivity contribution in [1.82, 2.24) is 5.32 Å². The van der Waals surface area contributed by atoms with Crippen LogP contribution >= 0.6 is 0 Å². The number of benzene rings is 1. The SMILES string of the molecule is CCCC(NC(=O)[C@@H]1CC[C@H](CN)O1)c1ccccc1. The molecule has 1 aromatic rings. The van der Waals surface area contributed by atoms with E-state index in [1.165, 1.54) is 0 Å². The van der Waals surface area contributed by atoms with Gasteiger partial charge in [0.05, 0.1) is 12.1 Å². The summed E-state index contributed by atoms with van der Waals surface area (Å²) >= 11 is 0. The second-order valence-corrected chi connectivity index (χ2v) is 5.32. The van der Waals surface area contributed by atoms with Crippen LogP contribution in [0.25, 0.3) is 0 Å². The van der Waals surface area contributed by atoms with Gasteiger partial charge in [-0.2, -0.15) is 0 Å². The molecule has 1 unspecified atom stereocenters. The predicted octanol–water partition coefficient (Wildman–Crippen LogP) is 2.15. The summed E-state index contributed by atoms with van der Waals surface area (Å²) < 4.78 is 5.65. The third-order valence-corrected chi connectivity index (χ3v) is 3.76. The lowest BCUT2D eigenvalue weighted by Gasteiger charge is -2.21. The smallest absolute Gasteiger partial charge is 0.249 e. The van der Waals surface area contributed by atoms with Crippen LogP contribution in [-0.2, 0) is 9.53 Å². The van der Waals surface area contributed by atoms with Crippen LogP contribution in [0, 0.1) is 0 Å². The highest BCUT2D eigenvalue weighted by atomic mass is 16.5. The molecule has 0 saturated carbocycles. The van der Waals surface area contributed by atoms with E-state index in [2.05, 4.69) is 24.4 Å². The Hall–Kier alpha value is -1.39. The van der Waals surface area contributed by atoms with Crippen molar-refractivity contribution in [3.8, 4) is 0 Å². The topological polar surface area (TPSA) is 64.4 Å². The van der Waals surface area contributed by atoms with E-state index in [0.717, 1.165) is 31.2 Å². The van der Waals surface area contributed by atoms with E-state index in [1.807, 2.05) is 18.2 Å². The van der Waals surface area contributed by atoms with E-state index < -0.39 is 0 Å². The van der Waals surface area contributed by atoms with Crippen LogP contribution in [0.1, 0.15) is 44.2 Å². The first-order valence-corrected chi connectivity index (χ1v) is 7.45. The summed E-state index contributed by atoms with van der Waals surface area (Å²) in [5.41, 5.74) is 6.73. The maximum Gasteiger partial charge on any atom is 0.249 e. The van der Waals surface area contributed by atoms with E-state index in [4.69, 9.17) is 10.5 Å². The Morgan fingerprint density at radius 3 is 2.75 bits per heavy atom. The van der Waals surface area contributed by atoms with Gasteiger partial charge in [-0.1, -0.05) is 43.7 Å². The van der Waals surface area contributed by atoms with E-state index >= 15 is 0 Å². The minimum Gasteiger partial charge on any atom is -0.364 e. The standard InChI is InChI=1S/C16H24N2O2/c1-2-6-14(12-7-4-3-5-8-12)18-16(19)15-10-9-13(11-17)20-15/h3-5,7-8,13-15H,2,6,9-11,17H2,1H3,(H,18,19)/t13-,14?,15+/m1/s1. The molecule has 1 aliphatic rings. The zero-order valence-corrected chi connectivity index (χ0v) is 12.0. The monoisotopic (exact) mass is 276 g/mol. The van der Waals surface area contributed by atoms with E-state index in [1.54, 1.807) is 0 Å². The fourth-order valence-electron chi connectivity index (χ4n) is 2.63. The average molecular weight is 276 g/mol. The lowest BCUT2D eigenvalue weighted by atomic mass is 10.0. The third kappa shape index (κ3) is 3.81. The van der Waals surface area contributed by atoms with Crippen LogP contribution in [0.3, 0.4) is 0 Å². The molecule has 4 nitrogen and oxygen atoms in total. The van der Waals surface area contributed by atoms with Gasteiger partial charge in [-0.05, 0) is 24.8 Å². The maximum atomic E-state index is 12.3. The second kappa shape index (κ2) is 7.41. The summed E-state index contributed by atoms with van der Waals surface area (Å²) in [6.07, 6.45) is 3.29. The number of nitrogens with one attached hydrogen (secondary N) is 1. The summed E-state index contributed by atoms with van der Waals surface area (Å²) in [7, 11) is 0. The van der Waals surface area contributed by atoms with Gasteiger partial charge in [0.2, 0.25) is 5.91 Å². The van der Waals surface area contributed by atoms with Gasteiger partial charge in [-0.25, -0.2) is 0 Å². The summed E-state index contributed by atoms with van der Waals surface area (Å²) in [5, 5.41) is 3.12. The largest absolute Gasteiger partial charge is 0.364 e. The van der Waals surface area contributed by atoms with Gasteiger partial charge >= 0.3 is 0 Å². The summed E-state index contributed by atoms with van der Waals surface area (Å²) in [4.78, 5) is 12.3. The lowest BCUT2D eigenvalue weighted by Crippen LogP contribution is -2.37. The van der Waals surface area contributed by atoms with Crippen molar-refractivity contribution in [2.24, 2.45) is 5.73 Å². The molecule has 1 amide bonds. The van der Waals surface area contributed by atoms with Gasteiger partial charge in [-0.3, -0.25) is 4.79 Å². The van der Waals surface area contributed by atoms with Gasteiger partial charge in [0, 0.05) is 6.54 Å². The fraction of sp³-hybridized carbons (Fsp3) is 0.562. The molecule has 1 fully saturated rings. The van der Waals surface area contributed by atoms with Gasteiger partial charge in [0.25, 0.3) is 0 Å². The van der Waals surface area contributed by atoms with E-state index in [0.29, 0.717) is 6.54 Å². The number of ether oxygens (including phenoxy) is 1. The van der Waals surface area contributed by atoms with Crippen LogP contribution < -0.4 is 11.1 Å². The molecule has 4 heteroatoms. The minimum absolute atomic E-state index is 0.0109. The first kappa shape index (κ1) is 15.0. The van der Waals surface area contributed by atoms with Gasteiger partial charge in [0.1, 0.15) is 6.10 Å². The molecule has 1 saturated heterocycles. The van der Waals surface area contributed by atoms with Crippen molar-refractivity contribution in [3.63, 3.8) is 0 Å². The Labute approximate surface area is 120 Å². The Kier molecular flexibility index (Phi) is 5.56. The second-order valence-electron chi connectivity index (χ2n) is 5.32. The number of carbonyl (C=O) groups is 1. The number of hydrogen-bond donors (Lipinski definition) is 2. The van der Waals surface area contributed by atoms with E-state index in [9.17, 15) is 4.79 Å². The lowest BCUT2D eigenvalue weighted by molar-refractivity contribution is -0.132. The Balaban J connectivity index is 1.96. The van der Waals surface area contributed by atoms with Crippen LogP contribution in [-0.4, -0.2) is 24.7 Å². The molecule has 3 atom stereocenters. The van der Waals surface area contributed by atoms with E-state index in [-0.39, 0.29) is 24.2 Å². The minimum atomic E-state index is -0.341. The van der Waals surface area contributed by atoms with Crippen molar-refractivity contribution in [1.29, 1.82) is 0 Å². The molecule has 0 spiro atoms. The molecular weight excluding hydrogens is 252 g/mol. The number of hydrogen-bond acceptors (Lipinski definition) is 3. The van der Waals surface area contributed by atoms with Crippen molar-refractivity contribution in [2.45, 2.75) is 50.9 Å². The molecular formula is C16H24N2O2. The van der Waals surface area contributed by atoms with Crippen molar-refractivity contribution >= 4 is 5.91 Å². The Bertz CT molecular complexity index is 422. The molecule has 110 valence electrons. The molecule has 0 aliphatic carbocycles. The molecule has 1 heterocycles.